The van der Waals surface area contributed by atoms with E-state index in [0.717, 1.165) is 30.6 Å². The highest BCUT2D eigenvalue weighted by atomic mass is 16.2. The van der Waals surface area contributed by atoms with Gasteiger partial charge >= 0.3 is 0 Å². The fourth-order valence-corrected chi connectivity index (χ4v) is 2.71. The van der Waals surface area contributed by atoms with Crippen molar-refractivity contribution >= 4 is 5.91 Å². The molecule has 2 rings (SSSR count). The minimum absolute atomic E-state index is 0.0474. The second-order valence-electron chi connectivity index (χ2n) is 5.82. The van der Waals surface area contributed by atoms with Crippen molar-refractivity contribution in [2.24, 2.45) is 5.92 Å². The molecule has 3 heteroatoms. The van der Waals surface area contributed by atoms with Crippen LogP contribution >= 0.6 is 0 Å². The van der Waals surface area contributed by atoms with Gasteiger partial charge in [0.15, 0.2) is 0 Å². The number of aliphatic hydroxyl groups is 1. The van der Waals surface area contributed by atoms with E-state index in [2.05, 4.69) is 18.8 Å². The molecule has 112 valence electrons. The van der Waals surface area contributed by atoms with Gasteiger partial charge in [-0.3, -0.25) is 4.79 Å². The maximum absolute atomic E-state index is 12.7. The zero-order valence-electron chi connectivity index (χ0n) is 12.9. The molecule has 0 bridgehead atoms. The van der Waals surface area contributed by atoms with Gasteiger partial charge in [0.25, 0.3) is 5.91 Å². The van der Waals surface area contributed by atoms with Crippen LogP contribution in [0.4, 0.5) is 0 Å². The molecule has 1 amide bonds. The SMILES string of the molecule is Cc1ccc(C(=O)N2CCCC(C)C2)c(C#CCCO)c1. The maximum atomic E-state index is 12.7. The fourth-order valence-electron chi connectivity index (χ4n) is 2.71. The Bertz CT molecular complexity index is 568. The van der Waals surface area contributed by atoms with Gasteiger partial charge in [-0.25, -0.2) is 0 Å². The second-order valence-corrected chi connectivity index (χ2v) is 5.82. The topological polar surface area (TPSA) is 40.5 Å². The molecule has 0 aliphatic carbocycles. The Labute approximate surface area is 127 Å². The van der Waals surface area contributed by atoms with Crippen LogP contribution in [0.5, 0.6) is 0 Å². The van der Waals surface area contributed by atoms with Gasteiger partial charge in [0.2, 0.25) is 0 Å². The number of rotatable bonds is 2. The lowest BCUT2D eigenvalue weighted by molar-refractivity contribution is 0.0683. The Morgan fingerprint density at radius 3 is 3.00 bits per heavy atom. The van der Waals surface area contributed by atoms with Crippen molar-refractivity contribution in [3.63, 3.8) is 0 Å². The number of hydrogen-bond acceptors (Lipinski definition) is 2. The lowest BCUT2D eigenvalue weighted by atomic mass is 9.98. The molecule has 1 atom stereocenters. The Morgan fingerprint density at radius 2 is 2.29 bits per heavy atom. The second kappa shape index (κ2) is 7.28. The van der Waals surface area contributed by atoms with E-state index >= 15 is 0 Å². The zero-order valence-corrected chi connectivity index (χ0v) is 12.9. The minimum Gasteiger partial charge on any atom is -0.395 e. The van der Waals surface area contributed by atoms with Gasteiger partial charge in [-0.15, -0.1) is 0 Å². The van der Waals surface area contributed by atoms with Crippen LogP contribution in [0.1, 0.15) is 47.7 Å². The first-order valence-corrected chi connectivity index (χ1v) is 7.61. The Balaban J connectivity index is 2.26. The Morgan fingerprint density at radius 1 is 1.48 bits per heavy atom. The van der Waals surface area contributed by atoms with Crippen LogP contribution in [0.2, 0.25) is 0 Å². The number of benzene rings is 1. The number of amides is 1. The average Bonchev–Trinajstić information content (AvgIpc) is 2.47. The summed E-state index contributed by atoms with van der Waals surface area (Å²) in [5.74, 6) is 6.59. The number of hydrogen-bond donors (Lipinski definition) is 1. The van der Waals surface area contributed by atoms with Crippen molar-refractivity contribution in [1.82, 2.24) is 4.90 Å². The van der Waals surface area contributed by atoms with E-state index in [1.165, 1.54) is 6.42 Å². The van der Waals surface area contributed by atoms with Crippen LogP contribution in [0.3, 0.4) is 0 Å². The van der Waals surface area contributed by atoms with Gasteiger partial charge in [0.05, 0.1) is 12.2 Å². The molecule has 0 aromatic heterocycles. The van der Waals surface area contributed by atoms with E-state index in [4.69, 9.17) is 5.11 Å². The van der Waals surface area contributed by atoms with Crippen LogP contribution in [-0.4, -0.2) is 35.6 Å². The van der Waals surface area contributed by atoms with Crippen molar-refractivity contribution in [2.45, 2.75) is 33.1 Å². The molecule has 1 heterocycles. The van der Waals surface area contributed by atoms with Crippen LogP contribution in [0.15, 0.2) is 18.2 Å². The normalized spacial score (nSPS) is 18.0. The highest BCUT2D eigenvalue weighted by Gasteiger charge is 2.23. The average molecular weight is 285 g/mol. The molecule has 1 aliphatic heterocycles. The summed E-state index contributed by atoms with van der Waals surface area (Å²) in [5, 5.41) is 8.83. The number of nitrogens with zero attached hydrogens (tertiary/aromatic N) is 1. The number of aliphatic hydroxyl groups excluding tert-OH is 1. The van der Waals surface area contributed by atoms with Crippen molar-refractivity contribution in [3.05, 3.63) is 34.9 Å². The van der Waals surface area contributed by atoms with E-state index in [1.54, 1.807) is 0 Å². The van der Waals surface area contributed by atoms with Gasteiger partial charge in [0.1, 0.15) is 0 Å². The highest BCUT2D eigenvalue weighted by molar-refractivity contribution is 5.97. The summed E-state index contributed by atoms with van der Waals surface area (Å²) in [6.07, 6.45) is 2.70. The molecule has 0 spiro atoms. The lowest BCUT2D eigenvalue weighted by Gasteiger charge is -2.31. The summed E-state index contributed by atoms with van der Waals surface area (Å²) in [7, 11) is 0. The first kappa shape index (κ1) is 15.6. The summed E-state index contributed by atoms with van der Waals surface area (Å²) in [4.78, 5) is 14.7. The number of carbonyl (C=O) groups is 1. The molecule has 1 unspecified atom stereocenters. The van der Waals surface area contributed by atoms with Crippen LogP contribution in [-0.2, 0) is 0 Å². The third-order valence-corrected chi connectivity index (χ3v) is 3.81. The molecule has 1 aromatic carbocycles. The summed E-state index contributed by atoms with van der Waals surface area (Å²) >= 11 is 0. The smallest absolute Gasteiger partial charge is 0.255 e. The predicted molar refractivity (Wildman–Crippen MR) is 84.1 cm³/mol. The maximum Gasteiger partial charge on any atom is 0.255 e. The molecular weight excluding hydrogens is 262 g/mol. The number of likely N-dealkylation sites (tertiary alicyclic amines) is 1. The number of aryl methyl sites for hydroxylation is 1. The predicted octanol–water partition coefficient (Wildman–Crippen LogP) is 2.60. The van der Waals surface area contributed by atoms with E-state index in [9.17, 15) is 4.79 Å². The lowest BCUT2D eigenvalue weighted by Crippen LogP contribution is -2.39. The quantitative estimate of drug-likeness (QED) is 0.849. The van der Waals surface area contributed by atoms with E-state index in [1.807, 2.05) is 30.0 Å². The number of piperidine rings is 1. The van der Waals surface area contributed by atoms with Gasteiger partial charge in [-0.05, 0) is 43.4 Å². The summed E-state index contributed by atoms with van der Waals surface area (Å²) in [6, 6.07) is 5.78. The summed E-state index contributed by atoms with van der Waals surface area (Å²) < 4.78 is 0. The van der Waals surface area contributed by atoms with Crippen molar-refractivity contribution in [1.29, 1.82) is 0 Å². The van der Waals surface area contributed by atoms with Gasteiger partial charge in [0, 0.05) is 25.1 Å². The van der Waals surface area contributed by atoms with Gasteiger partial charge in [-0.1, -0.05) is 24.8 Å². The standard InChI is InChI=1S/C18H23NO2/c1-14-8-9-17(16(12-14)7-3-4-11-20)18(21)19-10-5-6-15(2)13-19/h8-9,12,15,20H,4-6,10-11,13H2,1-2H3. The van der Waals surface area contributed by atoms with Gasteiger partial charge < -0.3 is 10.0 Å². The Hall–Kier alpha value is -1.79. The zero-order chi connectivity index (χ0) is 15.2. The molecule has 1 fully saturated rings. The van der Waals surface area contributed by atoms with Crippen LogP contribution < -0.4 is 0 Å². The van der Waals surface area contributed by atoms with Crippen LogP contribution in [0.25, 0.3) is 0 Å². The molecule has 0 radical (unpaired) electrons. The molecule has 1 N–H and O–H groups in total. The molecule has 1 saturated heterocycles. The van der Waals surface area contributed by atoms with Crippen molar-refractivity contribution in [2.75, 3.05) is 19.7 Å². The molecule has 1 aliphatic rings. The molecule has 21 heavy (non-hydrogen) atoms. The molecular formula is C18H23NO2. The third kappa shape index (κ3) is 4.09. The summed E-state index contributed by atoms with van der Waals surface area (Å²) in [6.45, 7) is 5.90. The molecule has 1 aromatic rings. The molecule has 3 nitrogen and oxygen atoms in total. The fraction of sp³-hybridized carbons (Fsp3) is 0.500. The highest BCUT2D eigenvalue weighted by Crippen LogP contribution is 2.20. The van der Waals surface area contributed by atoms with E-state index < -0.39 is 0 Å². The number of carbonyl (C=O) groups excluding carboxylic acids is 1. The van der Waals surface area contributed by atoms with E-state index in [0.29, 0.717) is 17.9 Å². The largest absolute Gasteiger partial charge is 0.395 e. The van der Waals surface area contributed by atoms with Crippen molar-refractivity contribution < 1.29 is 9.90 Å². The Kier molecular flexibility index (Phi) is 5.41. The van der Waals surface area contributed by atoms with Gasteiger partial charge in [-0.2, -0.15) is 0 Å². The van der Waals surface area contributed by atoms with Crippen molar-refractivity contribution in [3.8, 4) is 11.8 Å². The van der Waals surface area contributed by atoms with Crippen LogP contribution in [0, 0.1) is 24.7 Å². The summed E-state index contributed by atoms with van der Waals surface area (Å²) in [5.41, 5.74) is 2.54. The monoisotopic (exact) mass is 285 g/mol. The molecule has 0 saturated carbocycles. The first-order chi connectivity index (χ1) is 10.1. The van der Waals surface area contributed by atoms with E-state index in [-0.39, 0.29) is 12.5 Å². The third-order valence-electron chi connectivity index (χ3n) is 3.81. The minimum atomic E-state index is 0.0474. The first-order valence-electron chi connectivity index (χ1n) is 7.61.